The van der Waals surface area contributed by atoms with Gasteiger partial charge in [-0.3, -0.25) is 4.68 Å². The molecule has 0 saturated carbocycles. The van der Waals surface area contributed by atoms with Crippen LogP contribution in [-0.4, -0.2) is 40.5 Å². The van der Waals surface area contributed by atoms with Gasteiger partial charge in [0.2, 0.25) is 0 Å². The van der Waals surface area contributed by atoms with Gasteiger partial charge in [0.05, 0.1) is 12.2 Å². The van der Waals surface area contributed by atoms with Gasteiger partial charge >= 0.3 is 0 Å². The number of aliphatic hydroxyl groups excluding tert-OH is 1. The van der Waals surface area contributed by atoms with Crippen molar-refractivity contribution in [2.75, 3.05) is 19.7 Å². The van der Waals surface area contributed by atoms with Crippen LogP contribution in [0.3, 0.4) is 0 Å². The number of hydrogen-bond donors (Lipinski definition) is 3. The molecule has 3 N–H and O–H groups in total. The third kappa shape index (κ3) is 5.33. The van der Waals surface area contributed by atoms with E-state index in [-0.39, 0.29) is 12.0 Å². The molecule has 6 heteroatoms. The normalized spacial score (nSPS) is 12.5. The SMILES string of the molecule is CCNC(=NCc1ccnn1C)NCC(CC)(CC)CCO. The fraction of sp³-hybridized carbons (Fsp3) is 0.750. The molecule has 1 rings (SSSR count). The van der Waals surface area contributed by atoms with Crippen LogP contribution in [-0.2, 0) is 13.6 Å². The van der Waals surface area contributed by atoms with Crippen molar-refractivity contribution in [2.24, 2.45) is 17.5 Å². The van der Waals surface area contributed by atoms with E-state index in [1.807, 2.05) is 17.8 Å². The topological polar surface area (TPSA) is 74.5 Å². The maximum atomic E-state index is 9.31. The molecule has 0 unspecified atom stereocenters. The first-order valence-corrected chi connectivity index (χ1v) is 8.20. The number of nitrogens with one attached hydrogen (secondary N) is 2. The zero-order chi connectivity index (χ0) is 16.4. The monoisotopic (exact) mass is 309 g/mol. The molecule has 0 bridgehead atoms. The van der Waals surface area contributed by atoms with Crippen molar-refractivity contribution in [3.8, 4) is 0 Å². The number of rotatable bonds is 9. The molecular formula is C16H31N5O. The molecular weight excluding hydrogens is 278 g/mol. The van der Waals surface area contributed by atoms with Crippen molar-refractivity contribution in [1.82, 2.24) is 20.4 Å². The van der Waals surface area contributed by atoms with Crippen LogP contribution in [0.5, 0.6) is 0 Å². The lowest BCUT2D eigenvalue weighted by molar-refractivity contribution is 0.169. The Labute approximate surface area is 134 Å². The van der Waals surface area contributed by atoms with E-state index in [0.29, 0.717) is 6.54 Å². The fourth-order valence-corrected chi connectivity index (χ4v) is 2.51. The van der Waals surface area contributed by atoms with Crippen LogP contribution in [0.2, 0.25) is 0 Å². The molecule has 0 aromatic carbocycles. The van der Waals surface area contributed by atoms with Crippen molar-refractivity contribution >= 4 is 5.96 Å². The van der Waals surface area contributed by atoms with Gasteiger partial charge in [-0.25, -0.2) is 4.99 Å². The molecule has 0 radical (unpaired) electrons. The van der Waals surface area contributed by atoms with E-state index in [4.69, 9.17) is 0 Å². The standard InChI is InChI=1S/C16H31N5O/c1-5-16(6-2,9-11-22)13-19-15(17-7-3)18-12-14-8-10-20-21(14)4/h8,10,22H,5-7,9,11-13H2,1-4H3,(H2,17,18,19). The second kappa shape index (κ2) is 9.46. The number of aliphatic hydroxyl groups is 1. The summed E-state index contributed by atoms with van der Waals surface area (Å²) in [5.41, 5.74) is 1.20. The number of hydrogen-bond acceptors (Lipinski definition) is 3. The summed E-state index contributed by atoms with van der Waals surface area (Å²) in [5, 5.41) is 20.2. The Hall–Kier alpha value is -1.56. The molecule has 0 amide bonds. The number of nitrogens with zero attached hydrogens (tertiary/aromatic N) is 3. The van der Waals surface area contributed by atoms with E-state index >= 15 is 0 Å². The molecule has 0 aliphatic carbocycles. The molecule has 1 aromatic rings. The van der Waals surface area contributed by atoms with Gasteiger partial charge in [-0.05, 0) is 37.7 Å². The van der Waals surface area contributed by atoms with E-state index in [1.165, 1.54) is 0 Å². The van der Waals surface area contributed by atoms with E-state index in [0.717, 1.165) is 44.0 Å². The maximum absolute atomic E-state index is 9.31. The molecule has 6 nitrogen and oxygen atoms in total. The van der Waals surface area contributed by atoms with Crippen LogP contribution in [0.1, 0.15) is 45.7 Å². The Bertz CT molecular complexity index is 451. The van der Waals surface area contributed by atoms with E-state index in [2.05, 4.69) is 41.5 Å². The van der Waals surface area contributed by atoms with E-state index in [1.54, 1.807) is 6.20 Å². The Morgan fingerprint density at radius 3 is 2.55 bits per heavy atom. The van der Waals surface area contributed by atoms with Crippen LogP contribution < -0.4 is 10.6 Å². The summed E-state index contributed by atoms with van der Waals surface area (Å²) < 4.78 is 1.83. The van der Waals surface area contributed by atoms with Gasteiger partial charge in [-0.15, -0.1) is 0 Å². The van der Waals surface area contributed by atoms with Crippen molar-refractivity contribution in [3.05, 3.63) is 18.0 Å². The van der Waals surface area contributed by atoms with Crippen LogP contribution in [0.25, 0.3) is 0 Å². The summed E-state index contributed by atoms with van der Waals surface area (Å²) in [6.07, 6.45) is 4.68. The number of aliphatic imine (C=N–C) groups is 1. The molecule has 0 aliphatic heterocycles. The second-order valence-corrected chi connectivity index (χ2v) is 5.68. The summed E-state index contributed by atoms with van der Waals surface area (Å²) in [5.74, 6) is 0.813. The van der Waals surface area contributed by atoms with Crippen LogP contribution in [0.4, 0.5) is 0 Å². The van der Waals surface area contributed by atoms with E-state index < -0.39 is 0 Å². The third-order valence-electron chi connectivity index (χ3n) is 4.44. The minimum Gasteiger partial charge on any atom is -0.396 e. The van der Waals surface area contributed by atoms with Gasteiger partial charge in [0.15, 0.2) is 5.96 Å². The van der Waals surface area contributed by atoms with Gasteiger partial charge in [-0.1, -0.05) is 13.8 Å². The molecule has 0 spiro atoms. The average Bonchev–Trinajstić information content (AvgIpc) is 2.94. The third-order valence-corrected chi connectivity index (χ3v) is 4.44. The Morgan fingerprint density at radius 2 is 2.05 bits per heavy atom. The van der Waals surface area contributed by atoms with Crippen molar-refractivity contribution in [3.63, 3.8) is 0 Å². The smallest absolute Gasteiger partial charge is 0.191 e. The van der Waals surface area contributed by atoms with Crippen LogP contribution >= 0.6 is 0 Å². The van der Waals surface area contributed by atoms with Crippen LogP contribution in [0.15, 0.2) is 17.3 Å². The predicted molar refractivity (Wildman–Crippen MR) is 90.7 cm³/mol. The Balaban J connectivity index is 2.68. The van der Waals surface area contributed by atoms with Gasteiger partial charge in [-0.2, -0.15) is 5.10 Å². The van der Waals surface area contributed by atoms with E-state index in [9.17, 15) is 5.11 Å². The highest BCUT2D eigenvalue weighted by atomic mass is 16.3. The maximum Gasteiger partial charge on any atom is 0.191 e. The molecule has 1 aromatic heterocycles. The van der Waals surface area contributed by atoms with Gasteiger partial charge in [0, 0.05) is 32.9 Å². The van der Waals surface area contributed by atoms with Gasteiger partial charge in [0.25, 0.3) is 0 Å². The molecule has 22 heavy (non-hydrogen) atoms. The highest BCUT2D eigenvalue weighted by Crippen LogP contribution is 2.29. The molecule has 0 aliphatic rings. The highest BCUT2D eigenvalue weighted by Gasteiger charge is 2.25. The van der Waals surface area contributed by atoms with Gasteiger partial charge < -0.3 is 15.7 Å². The Kier molecular flexibility index (Phi) is 7.95. The minimum atomic E-state index is 0.122. The highest BCUT2D eigenvalue weighted by molar-refractivity contribution is 5.79. The summed E-state index contributed by atoms with van der Waals surface area (Å²) in [7, 11) is 1.92. The quantitative estimate of drug-likeness (QED) is 0.479. The summed E-state index contributed by atoms with van der Waals surface area (Å²) in [4.78, 5) is 4.62. The first-order valence-electron chi connectivity index (χ1n) is 8.20. The fourth-order valence-electron chi connectivity index (χ4n) is 2.51. The summed E-state index contributed by atoms with van der Waals surface area (Å²) in [6.45, 7) is 8.88. The summed E-state index contributed by atoms with van der Waals surface area (Å²) in [6, 6.07) is 1.97. The second-order valence-electron chi connectivity index (χ2n) is 5.68. The number of aryl methyl sites for hydroxylation is 1. The molecule has 1 heterocycles. The van der Waals surface area contributed by atoms with Crippen LogP contribution in [0, 0.1) is 5.41 Å². The van der Waals surface area contributed by atoms with Crippen molar-refractivity contribution in [1.29, 1.82) is 0 Å². The number of guanidine groups is 1. The first kappa shape index (κ1) is 18.5. The average molecular weight is 309 g/mol. The lowest BCUT2D eigenvalue weighted by Crippen LogP contribution is -2.43. The first-order chi connectivity index (χ1) is 10.6. The van der Waals surface area contributed by atoms with Crippen molar-refractivity contribution < 1.29 is 5.11 Å². The van der Waals surface area contributed by atoms with Crippen molar-refractivity contribution in [2.45, 2.75) is 46.6 Å². The molecule has 0 saturated heterocycles. The number of aromatic nitrogens is 2. The largest absolute Gasteiger partial charge is 0.396 e. The Morgan fingerprint density at radius 1 is 1.32 bits per heavy atom. The lowest BCUT2D eigenvalue weighted by atomic mass is 9.79. The molecule has 0 fully saturated rings. The predicted octanol–water partition coefficient (Wildman–Crippen LogP) is 1.66. The zero-order valence-corrected chi connectivity index (χ0v) is 14.4. The summed E-state index contributed by atoms with van der Waals surface area (Å²) >= 11 is 0. The molecule has 126 valence electrons. The van der Waals surface area contributed by atoms with Gasteiger partial charge in [0.1, 0.15) is 0 Å². The lowest BCUT2D eigenvalue weighted by Gasteiger charge is -2.32. The minimum absolute atomic E-state index is 0.122. The molecule has 0 atom stereocenters. The zero-order valence-electron chi connectivity index (χ0n) is 14.4.